The molecule has 0 radical (unpaired) electrons. The summed E-state index contributed by atoms with van der Waals surface area (Å²) in [7, 11) is 0. The van der Waals surface area contributed by atoms with Gasteiger partial charge in [0.25, 0.3) is 0 Å². The van der Waals surface area contributed by atoms with Gasteiger partial charge < -0.3 is 21.4 Å². The van der Waals surface area contributed by atoms with E-state index >= 15 is 0 Å². The lowest BCUT2D eigenvalue weighted by atomic mass is 9.94. The summed E-state index contributed by atoms with van der Waals surface area (Å²) >= 11 is 0. The molecule has 1 saturated carbocycles. The zero-order valence-electron chi connectivity index (χ0n) is 19.7. The van der Waals surface area contributed by atoms with Crippen LogP contribution in [0.1, 0.15) is 45.9 Å². The van der Waals surface area contributed by atoms with Gasteiger partial charge in [0, 0.05) is 48.1 Å². The molecule has 1 heterocycles. The third kappa shape index (κ3) is 5.44. The van der Waals surface area contributed by atoms with E-state index in [1.54, 1.807) is 6.07 Å². The van der Waals surface area contributed by atoms with Gasteiger partial charge in [0.05, 0.1) is 12.0 Å². The topological polar surface area (TPSA) is 99.0 Å². The molecule has 6 nitrogen and oxygen atoms in total. The van der Waals surface area contributed by atoms with Crippen LogP contribution in [0.15, 0.2) is 85.3 Å². The van der Waals surface area contributed by atoms with Crippen molar-refractivity contribution < 1.29 is 4.79 Å². The van der Waals surface area contributed by atoms with E-state index < -0.39 is 5.91 Å². The quantitative estimate of drug-likeness (QED) is 0.300. The molecule has 3 aromatic carbocycles. The first-order chi connectivity index (χ1) is 17.1. The number of carbonyl (C=O) groups excluding carboxylic acids is 1. The van der Waals surface area contributed by atoms with Gasteiger partial charge in [-0.05, 0) is 48.1 Å². The SMILES string of the molecule is NC(=O)c1ccc(CCCn2cnc(CNC3CC3c3ccccc3)c2)cc1-c1ccccc1N. The second kappa shape index (κ2) is 10.2. The lowest BCUT2D eigenvalue weighted by Gasteiger charge is -2.12. The van der Waals surface area contributed by atoms with E-state index in [1.807, 2.05) is 42.7 Å². The molecule has 1 aromatic heterocycles. The first kappa shape index (κ1) is 22.9. The van der Waals surface area contributed by atoms with E-state index in [0.717, 1.165) is 48.3 Å². The minimum atomic E-state index is -0.448. The highest BCUT2D eigenvalue weighted by molar-refractivity contribution is 6.01. The number of hydrogen-bond donors (Lipinski definition) is 3. The molecular weight excluding hydrogens is 434 g/mol. The monoisotopic (exact) mass is 465 g/mol. The van der Waals surface area contributed by atoms with Crippen LogP contribution in [-0.4, -0.2) is 21.5 Å². The van der Waals surface area contributed by atoms with Crippen LogP contribution in [0.3, 0.4) is 0 Å². The number of nitrogen functional groups attached to an aromatic ring is 1. The van der Waals surface area contributed by atoms with E-state index in [9.17, 15) is 4.79 Å². The fraction of sp³-hybridized carbons (Fsp3) is 0.241. The number of carbonyl (C=O) groups is 1. The zero-order valence-corrected chi connectivity index (χ0v) is 19.7. The second-order valence-corrected chi connectivity index (χ2v) is 9.28. The summed E-state index contributed by atoms with van der Waals surface area (Å²) in [5, 5.41) is 3.63. The Morgan fingerprint density at radius 1 is 1.03 bits per heavy atom. The normalized spacial score (nSPS) is 16.8. The summed E-state index contributed by atoms with van der Waals surface area (Å²) in [6, 6.07) is 24.6. The number of benzene rings is 3. The van der Waals surface area contributed by atoms with Crippen molar-refractivity contribution >= 4 is 11.6 Å². The number of amides is 1. The maximum Gasteiger partial charge on any atom is 0.249 e. The van der Waals surface area contributed by atoms with Crippen LogP contribution in [0.4, 0.5) is 5.69 Å². The maximum absolute atomic E-state index is 12.0. The third-order valence-corrected chi connectivity index (χ3v) is 6.73. The van der Waals surface area contributed by atoms with Crippen LogP contribution >= 0.6 is 0 Å². The molecule has 178 valence electrons. The van der Waals surface area contributed by atoms with Gasteiger partial charge in [-0.25, -0.2) is 4.98 Å². The van der Waals surface area contributed by atoms with Crippen LogP contribution in [0.25, 0.3) is 11.1 Å². The first-order valence-corrected chi connectivity index (χ1v) is 12.1. The Labute approximate surface area is 206 Å². The standard InChI is InChI=1S/C29H31N5O/c30-27-11-5-4-10-23(27)26-15-20(12-13-24(26)29(31)35)7-6-14-34-18-22(33-19-34)17-32-28-16-25(28)21-8-2-1-3-9-21/h1-5,8-13,15,18-19,25,28,32H,6-7,14,16-17,30H2,(H2,31,35). The van der Waals surface area contributed by atoms with Crippen molar-refractivity contribution in [3.8, 4) is 11.1 Å². The number of hydrogen-bond acceptors (Lipinski definition) is 4. The first-order valence-electron chi connectivity index (χ1n) is 12.1. The molecule has 1 aliphatic rings. The lowest BCUT2D eigenvalue weighted by Crippen LogP contribution is -2.17. The highest BCUT2D eigenvalue weighted by Gasteiger charge is 2.37. The number of nitrogens with zero attached hydrogens (tertiary/aromatic N) is 2. The molecule has 0 spiro atoms. The Bertz CT molecular complexity index is 1310. The predicted molar refractivity (Wildman–Crippen MR) is 140 cm³/mol. The molecule has 5 N–H and O–H groups in total. The smallest absolute Gasteiger partial charge is 0.249 e. The van der Waals surface area contributed by atoms with Gasteiger partial charge in [-0.1, -0.05) is 60.7 Å². The molecule has 1 aliphatic carbocycles. The Morgan fingerprint density at radius 3 is 2.63 bits per heavy atom. The van der Waals surface area contributed by atoms with Crippen LogP contribution in [0.5, 0.6) is 0 Å². The molecule has 6 heteroatoms. The lowest BCUT2D eigenvalue weighted by molar-refractivity contribution is 0.100. The van der Waals surface area contributed by atoms with Crippen molar-refractivity contribution in [1.29, 1.82) is 0 Å². The van der Waals surface area contributed by atoms with Gasteiger partial charge in [-0.2, -0.15) is 0 Å². The van der Waals surface area contributed by atoms with Crippen molar-refractivity contribution in [2.75, 3.05) is 5.73 Å². The van der Waals surface area contributed by atoms with Crippen LogP contribution < -0.4 is 16.8 Å². The third-order valence-electron chi connectivity index (χ3n) is 6.73. The van der Waals surface area contributed by atoms with Gasteiger partial charge in [-0.3, -0.25) is 4.79 Å². The summed E-state index contributed by atoms with van der Waals surface area (Å²) in [5.74, 6) is 0.172. The summed E-state index contributed by atoms with van der Waals surface area (Å²) in [6.07, 6.45) is 7.06. The Kier molecular flexibility index (Phi) is 6.64. The van der Waals surface area contributed by atoms with Crippen molar-refractivity contribution in [3.63, 3.8) is 0 Å². The summed E-state index contributed by atoms with van der Waals surface area (Å²) in [5.41, 5.74) is 18.2. The number of aromatic nitrogens is 2. The highest BCUT2D eigenvalue weighted by Crippen LogP contribution is 2.40. The van der Waals surface area contributed by atoms with Gasteiger partial charge in [0.15, 0.2) is 0 Å². The van der Waals surface area contributed by atoms with E-state index in [-0.39, 0.29) is 0 Å². The number of imidazole rings is 1. The molecule has 4 aromatic rings. The average Bonchev–Trinajstić information content (AvgIpc) is 3.52. The second-order valence-electron chi connectivity index (χ2n) is 9.28. The van der Waals surface area contributed by atoms with Crippen LogP contribution in [0, 0.1) is 0 Å². The van der Waals surface area contributed by atoms with E-state index in [1.165, 1.54) is 12.0 Å². The number of anilines is 1. The van der Waals surface area contributed by atoms with Gasteiger partial charge in [0.1, 0.15) is 0 Å². The fourth-order valence-electron chi connectivity index (χ4n) is 4.74. The number of primary amides is 1. The molecule has 1 fully saturated rings. The largest absolute Gasteiger partial charge is 0.398 e. The van der Waals surface area contributed by atoms with Crippen molar-refractivity contribution in [2.24, 2.45) is 5.73 Å². The van der Waals surface area contributed by atoms with E-state index in [2.05, 4.69) is 51.4 Å². The molecule has 2 unspecified atom stereocenters. The Hall–Kier alpha value is -3.90. The molecule has 1 amide bonds. The minimum absolute atomic E-state index is 0.448. The molecule has 0 aliphatic heterocycles. The fourth-order valence-corrected chi connectivity index (χ4v) is 4.74. The molecule has 0 saturated heterocycles. The van der Waals surface area contributed by atoms with Crippen molar-refractivity contribution in [2.45, 2.75) is 44.3 Å². The molecule has 0 bridgehead atoms. The average molecular weight is 466 g/mol. The van der Waals surface area contributed by atoms with Crippen LogP contribution in [0.2, 0.25) is 0 Å². The van der Waals surface area contributed by atoms with Crippen molar-refractivity contribution in [1.82, 2.24) is 14.9 Å². The number of nitrogens with one attached hydrogen (secondary N) is 1. The predicted octanol–water partition coefficient (Wildman–Crippen LogP) is 4.51. The van der Waals surface area contributed by atoms with E-state index in [0.29, 0.717) is 23.2 Å². The van der Waals surface area contributed by atoms with Crippen molar-refractivity contribution in [3.05, 3.63) is 108 Å². The number of nitrogens with two attached hydrogens (primary N) is 2. The number of aryl methyl sites for hydroxylation is 2. The Morgan fingerprint density at radius 2 is 1.83 bits per heavy atom. The number of rotatable bonds is 10. The van der Waals surface area contributed by atoms with E-state index in [4.69, 9.17) is 11.5 Å². The Balaban J connectivity index is 1.15. The van der Waals surface area contributed by atoms with Gasteiger partial charge in [-0.15, -0.1) is 0 Å². The molecular formula is C29H31N5O. The van der Waals surface area contributed by atoms with Gasteiger partial charge >= 0.3 is 0 Å². The summed E-state index contributed by atoms with van der Waals surface area (Å²) < 4.78 is 2.15. The molecule has 5 rings (SSSR count). The number of para-hydroxylation sites is 1. The zero-order chi connectivity index (χ0) is 24.2. The minimum Gasteiger partial charge on any atom is -0.398 e. The highest BCUT2D eigenvalue weighted by atomic mass is 16.1. The molecule has 2 atom stereocenters. The molecule has 35 heavy (non-hydrogen) atoms. The van der Waals surface area contributed by atoms with Gasteiger partial charge in [0.2, 0.25) is 5.91 Å². The van der Waals surface area contributed by atoms with Crippen LogP contribution in [-0.2, 0) is 19.5 Å². The summed E-state index contributed by atoms with van der Waals surface area (Å²) in [6.45, 7) is 1.67. The maximum atomic E-state index is 12.0. The summed E-state index contributed by atoms with van der Waals surface area (Å²) in [4.78, 5) is 16.5.